The summed E-state index contributed by atoms with van der Waals surface area (Å²) < 4.78 is 5.59. The summed E-state index contributed by atoms with van der Waals surface area (Å²) >= 11 is 0. The molecule has 7 nitrogen and oxygen atoms in total. The molecular formula is C18H25N3O4. The molecule has 0 spiro atoms. The molecule has 1 aromatic heterocycles. The molecule has 2 saturated heterocycles. The van der Waals surface area contributed by atoms with E-state index in [9.17, 15) is 9.59 Å². The quantitative estimate of drug-likeness (QED) is 0.874. The van der Waals surface area contributed by atoms with Crippen molar-refractivity contribution in [3.8, 4) is 0 Å². The molecule has 1 aromatic rings. The Bertz CT molecular complexity index is 599. The highest BCUT2D eigenvalue weighted by molar-refractivity contribution is 5.87. The predicted molar refractivity (Wildman–Crippen MR) is 92.8 cm³/mol. The highest BCUT2D eigenvalue weighted by Gasteiger charge is 2.22. The molecule has 0 bridgehead atoms. The van der Waals surface area contributed by atoms with Crippen LogP contribution in [0.1, 0.15) is 42.5 Å². The topological polar surface area (TPSA) is 83.0 Å². The van der Waals surface area contributed by atoms with Crippen molar-refractivity contribution >= 4 is 17.7 Å². The second-order valence-corrected chi connectivity index (χ2v) is 6.61. The van der Waals surface area contributed by atoms with Crippen LogP contribution in [0.15, 0.2) is 18.3 Å². The van der Waals surface area contributed by atoms with Crippen LogP contribution < -0.4 is 4.90 Å². The Balaban J connectivity index is 1.50. The molecule has 0 radical (unpaired) electrons. The SMILES string of the molecule is O=C(O)c1ccc(N2CCCN(C(=O)CC[C@@H]3CCCO3)CC2)nc1. The van der Waals surface area contributed by atoms with E-state index < -0.39 is 5.97 Å². The van der Waals surface area contributed by atoms with Gasteiger partial charge in [-0.3, -0.25) is 4.79 Å². The first kappa shape index (κ1) is 17.7. The summed E-state index contributed by atoms with van der Waals surface area (Å²) in [5, 5.41) is 8.95. The van der Waals surface area contributed by atoms with E-state index in [-0.39, 0.29) is 17.6 Å². The Hall–Kier alpha value is -2.15. The second kappa shape index (κ2) is 8.29. The van der Waals surface area contributed by atoms with E-state index in [1.54, 1.807) is 12.1 Å². The monoisotopic (exact) mass is 347 g/mol. The van der Waals surface area contributed by atoms with Gasteiger partial charge in [-0.1, -0.05) is 0 Å². The summed E-state index contributed by atoms with van der Waals surface area (Å²) in [6, 6.07) is 3.30. The van der Waals surface area contributed by atoms with E-state index in [4.69, 9.17) is 9.84 Å². The summed E-state index contributed by atoms with van der Waals surface area (Å²) in [5.41, 5.74) is 0.185. The number of carboxylic acids is 1. The van der Waals surface area contributed by atoms with Crippen LogP contribution in [0.3, 0.4) is 0 Å². The molecule has 2 aliphatic rings. The smallest absolute Gasteiger partial charge is 0.337 e. The van der Waals surface area contributed by atoms with Crippen molar-refractivity contribution in [2.75, 3.05) is 37.7 Å². The number of aromatic carboxylic acids is 1. The molecule has 0 saturated carbocycles. The maximum absolute atomic E-state index is 12.4. The van der Waals surface area contributed by atoms with Gasteiger partial charge in [0.15, 0.2) is 0 Å². The van der Waals surface area contributed by atoms with Crippen molar-refractivity contribution in [1.29, 1.82) is 0 Å². The van der Waals surface area contributed by atoms with Gasteiger partial charge in [0, 0.05) is 45.4 Å². The molecule has 1 N–H and O–H groups in total. The maximum Gasteiger partial charge on any atom is 0.337 e. The fraction of sp³-hybridized carbons (Fsp3) is 0.611. The minimum Gasteiger partial charge on any atom is -0.478 e. The van der Waals surface area contributed by atoms with Crippen LogP contribution in [0, 0.1) is 0 Å². The first-order valence-electron chi connectivity index (χ1n) is 8.97. The van der Waals surface area contributed by atoms with Gasteiger partial charge in [0.05, 0.1) is 11.7 Å². The van der Waals surface area contributed by atoms with Crippen molar-refractivity contribution in [3.05, 3.63) is 23.9 Å². The van der Waals surface area contributed by atoms with Gasteiger partial charge in [-0.25, -0.2) is 9.78 Å². The molecule has 2 fully saturated rings. The number of carbonyl (C=O) groups excluding carboxylic acids is 1. The average Bonchev–Trinajstić information content (AvgIpc) is 3.02. The van der Waals surface area contributed by atoms with Crippen LogP contribution in [0.25, 0.3) is 0 Å². The third-order valence-electron chi connectivity index (χ3n) is 4.87. The van der Waals surface area contributed by atoms with Crippen molar-refractivity contribution in [3.63, 3.8) is 0 Å². The fourth-order valence-electron chi connectivity index (χ4n) is 3.41. The lowest BCUT2D eigenvalue weighted by atomic mass is 10.1. The molecule has 1 amide bonds. The largest absolute Gasteiger partial charge is 0.478 e. The van der Waals surface area contributed by atoms with Crippen LogP contribution in [0.4, 0.5) is 5.82 Å². The van der Waals surface area contributed by atoms with Gasteiger partial charge in [-0.05, 0) is 37.8 Å². The van der Waals surface area contributed by atoms with Gasteiger partial charge in [0.2, 0.25) is 5.91 Å². The summed E-state index contributed by atoms with van der Waals surface area (Å²) in [7, 11) is 0. The van der Waals surface area contributed by atoms with Gasteiger partial charge in [-0.15, -0.1) is 0 Å². The van der Waals surface area contributed by atoms with E-state index in [1.807, 2.05) is 4.90 Å². The number of ether oxygens (including phenoxy) is 1. The number of amides is 1. The molecular weight excluding hydrogens is 322 g/mol. The lowest BCUT2D eigenvalue weighted by Gasteiger charge is -2.23. The molecule has 0 aliphatic carbocycles. The van der Waals surface area contributed by atoms with E-state index in [0.717, 1.165) is 51.2 Å². The molecule has 25 heavy (non-hydrogen) atoms. The first-order valence-corrected chi connectivity index (χ1v) is 8.97. The third-order valence-corrected chi connectivity index (χ3v) is 4.87. The van der Waals surface area contributed by atoms with Crippen molar-refractivity contribution in [2.45, 2.75) is 38.2 Å². The molecule has 0 aromatic carbocycles. The van der Waals surface area contributed by atoms with E-state index in [0.29, 0.717) is 19.5 Å². The van der Waals surface area contributed by atoms with Crippen molar-refractivity contribution < 1.29 is 19.4 Å². The van der Waals surface area contributed by atoms with Gasteiger partial charge < -0.3 is 19.6 Å². The Morgan fingerprint density at radius 3 is 2.76 bits per heavy atom. The first-order chi connectivity index (χ1) is 12.1. The van der Waals surface area contributed by atoms with Crippen molar-refractivity contribution in [1.82, 2.24) is 9.88 Å². The number of anilines is 1. The zero-order valence-electron chi connectivity index (χ0n) is 14.4. The predicted octanol–water partition coefficient (Wildman–Crippen LogP) is 1.78. The van der Waals surface area contributed by atoms with Crippen LogP contribution in [0.2, 0.25) is 0 Å². The average molecular weight is 347 g/mol. The molecule has 3 rings (SSSR count). The van der Waals surface area contributed by atoms with Crippen LogP contribution in [0.5, 0.6) is 0 Å². The van der Waals surface area contributed by atoms with Crippen LogP contribution in [-0.2, 0) is 9.53 Å². The lowest BCUT2D eigenvalue weighted by molar-refractivity contribution is -0.131. The standard InChI is InChI=1S/C18H25N3O4/c22-17(7-5-15-3-1-12-25-15)21-9-2-8-20(10-11-21)16-6-4-14(13-19-16)18(23)24/h4,6,13,15H,1-3,5,7-12H2,(H,23,24)/t15-/m0/s1. The molecule has 2 aliphatic heterocycles. The zero-order chi connectivity index (χ0) is 17.6. The fourth-order valence-corrected chi connectivity index (χ4v) is 3.41. The Labute approximate surface area is 147 Å². The van der Waals surface area contributed by atoms with E-state index >= 15 is 0 Å². The number of rotatable bonds is 5. The highest BCUT2D eigenvalue weighted by Crippen LogP contribution is 2.19. The molecule has 1 atom stereocenters. The van der Waals surface area contributed by atoms with Crippen LogP contribution >= 0.6 is 0 Å². The third kappa shape index (κ3) is 4.69. The van der Waals surface area contributed by atoms with Gasteiger partial charge in [0.25, 0.3) is 0 Å². The molecule has 7 heteroatoms. The van der Waals surface area contributed by atoms with E-state index in [1.165, 1.54) is 6.20 Å². The van der Waals surface area contributed by atoms with Gasteiger partial charge in [0.1, 0.15) is 5.82 Å². The summed E-state index contributed by atoms with van der Waals surface area (Å²) in [4.78, 5) is 31.6. The molecule has 136 valence electrons. The second-order valence-electron chi connectivity index (χ2n) is 6.61. The Morgan fingerprint density at radius 2 is 2.08 bits per heavy atom. The number of carboxylic acid groups (broad SMARTS) is 1. The number of pyridine rings is 1. The van der Waals surface area contributed by atoms with Gasteiger partial charge in [-0.2, -0.15) is 0 Å². The van der Waals surface area contributed by atoms with Crippen molar-refractivity contribution in [2.24, 2.45) is 0 Å². The Kier molecular flexibility index (Phi) is 5.86. The number of aromatic nitrogens is 1. The number of hydrogen-bond donors (Lipinski definition) is 1. The Morgan fingerprint density at radius 1 is 1.20 bits per heavy atom. The summed E-state index contributed by atoms with van der Waals surface area (Å²) in [6.07, 6.45) is 6.06. The summed E-state index contributed by atoms with van der Waals surface area (Å²) in [6.45, 7) is 3.78. The maximum atomic E-state index is 12.4. The van der Waals surface area contributed by atoms with E-state index in [2.05, 4.69) is 9.88 Å². The molecule has 0 unspecified atom stereocenters. The number of hydrogen-bond acceptors (Lipinski definition) is 5. The van der Waals surface area contributed by atoms with Crippen LogP contribution in [-0.4, -0.2) is 65.8 Å². The normalized spacial score (nSPS) is 21.2. The summed E-state index contributed by atoms with van der Waals surface area (Å²) in [5.74, 6) is -0.0110. The zero-order valence-corrected chi connectivity index (χ0v) is 14.4. The number of carbonyl (C=O) groups is 2. The minimum atomic E-state index is -0.974. The number of nitrogens with zero attached hydrogens (tertiary/aromatic N) is 3. The lowest BCUT2D eigenvalue weighted by Crippen LogP contribution is -2.35. The minimum absolute atomic E-state index is 0.185. The van der Waals surface area contributed by atoms with Gasteiger partial charge >= 0.3 is 5.97 Å². The highest BCUT2D eigenvalue weighted by atomic mass is 16.5. The molecule has 3 heterocycles.